The quantitative estimate of drug-likeness (QED) is 0.708. The van der Waals surface area contributed by atoms with Crippen molar-refractivity contribution in [2.24, 2.45) is 0 Å². The Morgan fingerprint density at radius 1 is 1.50 bits per heavy atom. The number of aryl methyl sites for hydroxylation is 1. The highest BCUT2D eigenvalue weighted by Gasteiger charge is 2.19. The zero-order valence-corrected chi connectivity index (χ0v) is 10.6. The Morgan fingerprint density at radius 2 is 2.19 bits per heavy atom. The maximum absolute atomic E-state index is 11.9. The van der Waals surface area contributed by atoms with Crippen LogP contribution in [0.4, 0.5) is 4.79 Å². The maximum Gasteiger partial charge on any atom is 0.419 e. The third-order valence-electron chi connectivity index (χ3n) is 1.93. The Morgan fingerprint density at radius 3 is 2.81 bits per heavy atom. The first-order valence-electron chi connectivity index (χ1n) is 5.05. The van der Waals surface area contributed by atoms with Crippen LogP contribution < -0.4 is 0 Å². The molecule has 4 nitrogen and oxygen atoms in total. The molecule has 0 saturated heterocycles. The predicted octanol–water partition coefficient (Wildman–Crippen LogP) is 3.19. The molecule has 86 valence electrons. The Kier molecular flexibility index (Phi) is 2.50. The smallest absolute Gasteiger partial charge is 0.419 e. The van der Waals surface area contributed by atoms with E-state index in [1.807, 2.05) is 33.8 Å². The lowest BCUT2D eigenvalue weighted by atomic mass is 10.2. The van der Waals surface area contributed by atoms with Crippen molar-refractivity contribution in [3.8, 4) is 0 Å². The number of aromatic nitrogens is 2. The molecule has 0 N–H and O–H groups in total. The number of carbonyl (C=O) groups excluding carboxylic acids is 1. The average Bonchev–Trinajstić information content (AvgIpc) is 2.58. The Bertz CT molecular complexity index is 534. The molecule has 0 aromatic carbocycles. The fraction of sp³-hybridized carbons (Fsp3) is 0.455. The lowest BCUT2D eigenvalue weighted by molar-refractivity contribution is 0.0545. The van der Waals surface area contributed by atoms with Crippen molar-refractivity contribution in [2.45, 2.75) is 33.3 Å². The van der Waals surface area contributed by atoms with Crippen LogP contribution >= 0.6 is 11.3 Å². The monoisotopic (exact) mass is 238 g/mol. The molecule has 2 aromatic rings. The zero-order chi connectivity index (χ0) is 11.9. The number of ether oxygens (including phenoxy) is 1. The molecule has 0 bridgehead atoms. The Labute approximate surface area is 97.9 Å². The first kappa shape index (κ1) is 11.1. The van der Waals surface area contributed by atoms with Crippen molar-refractivity contribution >= 4 is 27.8 Å². The molecule has 0 amide bonds. The Balaban J connectivity index is 2.36. The molecule has 2 heterocycles. The fourth-order valence-electron chi connectivity index (χ4n) is 1.38. The minimum absolute atomic E-state index is 0.355. The summed E-state index contributed by atoms with van der Waals surface area (Å²) in [6.07, 6.45) is 1.34. The lowest BCUT2D eigenvalue weighted by Crippen LogP contribution is -2.26. The fourth-order valence-corrected chi connectivity index (χ4v) is 2.26. The van der Waals surface area contributed by atoms with Crippen molar-refractivity contribution < 1.29 is 9.53 Å². The highest BCUT2D eigenvalue weighted by atomic mass is 32.1. The summed E-state index contributed by atoms with van der Waals surface area (Å²) in [6, 6.07) is 1.82. The van der Waals surface area contributed by atoms with E-state index in [9.17, 15) is 4.79 Å². The van der Waals surface area contributed by atoms with Crippen molar-refractivity contribution in [3.05, 3.63) is 17.3 Å². The number of fused-ring (bicyclic) bond motifs is 1. The summed E-state index contributed by atoms with van der Waals surface area (Å²) >= 11 is 1.49. The second-order valence-corrected chi connectivity index (χ2v) is 5.77. The van der Waals surface area contributed by atoms with Crippen LogP contribution in [-0.2, 0) is 4.74 Å². The molecule has 0 radical (unpaired) electrons. The minimum Gasteiger partial charge on any atom is -0.443 e. The van der Waals surface area contributed by atoms with Gasteiger partial charge in [-0.25, -0.2) is 14.3 Å². The molecule has 0 spiro atoms. The van der Waals surface area contributed by atoms with Gasteiger partial charge in [-0.2, -0.15) is 0 Å². The van der Waals surface area contributed by atoms with Crippen molar-refractivity contribution in [2.75, 3.05) is 0 Å². The SMILES string of the molecule is Cc1nc2ccn(C(=O)OC(C)(C)C)c2s1. The number of carbonyl (C=O) groups is 1. The summed E-state index contributed by atoms with van der Waals surface area (Å²) in [6.45, 7) is 7.47. The van der Waals surface area contributed by atoms with Crippen LogP contribution in [-0.4, -0.2) is 21.2 Å². The zero-order valence-electron chi connectivity index (χ0n) is 9.77. The van der Waals surface area contributed by atoms with E-state index < -0.39 is 5.60 Å². The first-order chi connectivity index (χ1) is 7.37. The molecular formula is C11H14N2O2S. The normalized spacial score (nSPS) is 12.0. The van der Waals surface area contributed by atoms with Gasteiger partial charge in [-0.05, 0) is 33.8 Å². The summed E-state index contributed by atoms with van der Waals surface area (Å²) in [5.41, 5.74) is 0.362. The summed E-state index contributed by atoms with van der Waals surface area (Å²) in [4.78, 5) is 17.0. The van der Waals surface area contributed by atoms with Gasteiger partial charge < -0.3 is 4.74 Å². The van der Waals surface area contributed by atoms with E-state index in [0.717, 1.165) is 15.4 Å². The largest absolute Gasteiger partial charge is 0.443 e. The standard InChI is InChI=1S/C11H14N2O2S/c1-7-12-8-5-6-13(9(8)16-7)10(14)15-11(2,3)4/h5-6H,1-4H3. The van der Waals surface area contributed by atoms with Gasteiger partial charge in [-0.3, -0.25) is 0 Å². The van der Waals surface area contributed by atoms with Gasteiger partial charge in [0.1, 0.15) is 15.9 Å². The molecule has 0 atom stereocenters. The van der Waals surface area contributed by atoms with Crippen molar-refractivity contribution in [1.82, 2.24) is 9.55 Å². The Hall–Kier alpha value is -1.36. The van der Waals surface area contributed by atoms with Gasteiger partial charge in [-0.15, -0.1) is 11.3 Å². The molecule has 0 aliphatic heterocycles. The van der Waals surface area contributed by atoms with Gasteiger partial charge >= 0.3 is 6.09 Å². The molecule has 0 aliphatic rings. The number of rotatable bonds is 0. The second-order valence-electron chi connectivity index (χ2n) is 4.59. The van der Waals surface area contributed by atoms with E-state index >= 15 is 0 Å². The predicted molar refractivity (Wildman–Crippen MR) is 64.0 cm³/mol. The average molecular weight is 238 g/mol. The van der Waals surface area contributed by atoms with E-state index in [4.69, 9.17) is 4.74 Å². The number of thiazole rings is 1. The number of hydrogen-bond donors (Lipinski definition) is 0. The molecule has 2 rings (SSSR count). The summed E-state index contributed by atoms with van der Waals surface area (Å²) < 4.78 is 6.81. The van der Waals surface area contributed by atoms with Gasteiger partial charge in [0.2, 0.25) is 0 Å². The van der Waals surface area contributed by atoms with Crippen LogP contribution in [0.25, 0.3) is 10.3 Å². The van der Waals surface area contributed by atoms with E-state index in [1.165, 1.54) is 15.9 Å². The molecule has 0 unspecified atom stereocenters. The number of hydrogen-bond acceptors (Lipinski definition) is 4. The molecule has 16 heavy (non-hydrogen) atoms. The molecular weight excluding hydrogens is 224 g/mol. The van der Waals surface area contributed by atoms with Crippen LogP contribution in [0, 0.1) is 6.92 Å². The first-order valence-corrected chi connectivity index (χ1v) is 5.86. The van der Waals surface area contributed by atoms with Crippen LogP contribution in [0.3, 0.4) is 0 Å². The highest BCUT2D eigenvalue weighted by Crippen LogP contribution is 2.23. The topological polar surface area (TPSA) is 44.1 Å². The van der Waals surface area contributed by atoms with Crippen LogP contribution in [0.1, 0.15) is 25.8 Å². The van der Waals surface area contributed by atoms with Gasteiger partial charge in [0.05, 0.1) is 5.01 Å². The van der Waals surface area contributed by atoms with E-state index in [-0.39, 0.29) is 6.09 Å². The van der Waals surface area contributed by atoms with Gasteiger partial charge in [0.15, 0.2) is 0 Å². The lowest BCUT2D eigenvalue weighted by Gasteiger charge is -2.19. The third-order valence-corrected chi connectivity index (χ3v) is 2.92. The highest BCUT2D eigenvalue weighted by molar-refractivity contribution is 7.18. The van der Waals surface area contributed by atoms with Crippen molar-refractivity contribution in [3.63, 3.8) is 0 Å². The molecule has 0 fully saturated rings. The third kappa shape index (κ3) is 2.09. The minimum atomic E-state index is -0.479. The molecule has 0 aliphatic carbocycles. The van der Waals surface area contributed by atoms with Crippen LogP contribution in [0.2, 0.25) is 0 Å². The summed E-state index contributed by atoms with van der Waals surface area (Å²) in [7, 11) is 0. The van der Waals surface area contributed by atoms with E-state index in [0.29, 0.717) is 0 Å². The van der Waals surface area contributed by atoms with E-state index in [2.05, 4.69) is 4.98 Å². The van der Waals surface area contributed by atoms with Crippen LogP contribution in [0.15, 0.2) is 12.3 Å². The van der Waals surface area contributed by atoms with Gasteiger partial charge in [0, 0.05) is 6.20 Å². The summed E-state index contributed by atoms with van der Waals surface area (Å²) in [5.74, 6) is 0. The summed E-state index contributed by atoms with van der Waals surface area (Å²) in [5, 5.41) is 0.947. The maximum atomic E-state index is 11.9. The molecule has 2 aromatic heterocycles. The second kappa shape index (κ2) is 3.59. The molecule has 0 saturated carbocycles. The van der Waals surface area contributed by atoms with Gasteiger partial charge in [-0.1, -0.05) is 0 Å². The molecule has 5 heteroatoms. The van der Waals surface area contributed by atoms with Gasteiger partial charge in [0.25, 0.3) is 0 Å². The number of nitrogens with zero attached hydrogens (tertiary/aromatic N) is 2. The van der Waals surface area contributed by atoms with Crippen molar-refractivity contribution in [1.29, 1.82) is 0 Å². The van der Waals surface area contributed by atoms with Crippen LogP contribution in [0.5, 0.6) is 0 Å². The van der Waals surface area contributed by atoms with E-state index in [1.54, 1.807) is 6.20 Å².